The monoisotopic (exact) mass is 457 g/mol. The second kappa shape index (κ2) is 8.78. The van der Waals surface area contributed by atoms with Crippen molar-refractivity contribution in [3.8, 4) is 0 Å². The molecule has 0 N–H and O–H groups in total. The normalized spacial score (nSPS) is 17.3. The minimum absolute atomic E-state index is 0.0248. The molecular formula is C29H36N3P. The number of fused-ring (bicyclic) bond motifs is 3. The molecule has 0 unspecified atom stereocenters. The summed E-state index contributed by atoms with van der Waals surface area (Å²) in [6.45, 7) is 12.7. The standard InChI is InChI=1S/C29H36N3P/c1-5-32-27-17-11-10-16-25(27)26-22-24(18-19-28(26)32)33(29(2,3)4,31-20-12-7-13-21-31)30-23-14-8-6-9-15-23/h6,8-11,14-19,22H,5,7,12-13,20-21H2,1-4H3/t33-/m1/s1. The molecule has 0 aliphatic carbocycles. The molecule has 2 heterocycles. The van der Waals surface area contributed by atoms with E-state index in [9.17, 15) is 0 Å². The summed E-state index contributed by atoms with van der Waals surface area (Å²) in [5, 5.41) is 4.14. The fourth-order valence-electron chi connectivity index (χ4n) is 5.65. The highest BCUT2D eigenvalue weighted by atomic mass is 31.2. The molecule has 0 radical (unpaired) electrons. The molecule has 1 aromatic heterocycles. The van der Waals surface area contributed by atoms with Crippen LogP contribution in [0.15, 0.2) is 77.5 Å². The van der Waals surface area contributed by atoms with Crippen LogP contribution in [0.3, 0.4) is 0 Å². The first-order valence-electron chi connectivity index (χ1n) is 12.4. The van der Waals surface area contributed by atoms with Gasteiger partial charge in [-0.1, -0.05) is 63.6 Å². The van der Waals surface area contributed by atoms with Gasteiger partial charge in [-0.25, -0.2) is 4.74 Å². The van der Waals surface area contributed by atoms with Crippen LogP contribution < -0.4 is 5.30 Å². The molecule has 172 valence electrons. The van der Waals surface area contributed by atoms with Crippen molar-refractivity contribution < 1.29 is 0 Å². The summed E-state index contributed by atoms with van der Waals surface area (Å²) in [5.41, 5.74) is 3.75. The van der Waals surface area contributed by atoms with E-state index < -0.39 is 7.21 Å². The minimum Gasteiger partial charge on any atom is -0.341 e. The maximum atomic E-state index is 5.70. The third-order valence-corrected chi connectivity index (χ3v) is 11.7. The van der Waals surface area contributed by atoms with Crippen LogP contribution >= 0.6 is 7.21 Å². The Balaban J connectivity index is 1.85. The number of hydrogen-bond acceptors (Lipinski definition) is 1. The molecule has 1 fully saturated rings. The Kier molecular flexibility index (Phi) is 5.97. The third kappa shape index (κ3) is 3.76. The molecule has 0 spiro atoms. The Labute approximate surface area is 198 Å². The fraction of sp³-hybridized carbons (Fsp3) is 0.379. The number of para-hydroxylation sites is 1. The Morgan fingerprint density at radius 2 is 1.45 bits per heavy atom. The summed E-state index contributed by atoms with van der Waals surface area (Å²) in [7, 11) is -2.06. The summed E-state index contributed by atoms with van der Waals surface area (Å²) in [6, 6.07) is 26.8. The second-order valence-corrected chi connectivity index (χ2v) is 14.0. The molecule has 0 amide bonds. The van der Waals surface area contributed by atoms with Gasteiger partial charge in [-0.3, -0.25) is 4.67 Å². The van der Waals surface area contributed by atoms with E-state index in [0.29, 0.717) is 0 Å². The molecule has 1 aliphatic rings. The summed E-state index contributed by atoms with van der Waals surface area (Å²) < 4.78 is 10.9. The van der Waals surface area contributed by atoms with E-state index in [4.69, 9.17) is 4.74 Å². The van der Waals surface area contributed by atoms with Gasteiger partial charge in [-0.05, 0) is 56.2 Å². The predicted octanol–water partition coefficient (Wildman–Crippen LogP) is 8.17. The molecule has 0 bridgehead atoms. The Morgan fingerprint density at radius 3 is 2.15 bits per heavy atom. The Hall–Kier alpha value is -2.35. The van der Waals surface area contributed by atoms with Crippen molar-refractivity contribution in [3.63, 3.8) is 0 Å². The molecule has 1 atom stereocenters. The van der Waals surface area contributed by atoms with Gasteiger partial charge in [0.1, 0.15) is 0 Å². The highest BCUT2D eigenvalue weighted by Crippen LogP contribution is 2.64. The fourth-order valence-corrected chi connectivity index (χ4v) is 10.1. The van der Waals surface area contributed by atoms with Crippen LogP contribution in [0.25, 0.3) is 21.8 Å². The van der Waals surface area contributed by atoms with E-state index in [2.05, 4.69) is 110 Å². The molecule has 3 nitrogen and oxygen atoms in total. The van der Waals surface area contributed by atoms with Gasteiger partial charge in [0.25, 0.3) is 0 Å². The molecule has 1 aliphatic heterocycles. The van der Waals surface area contributed by atoms with Crippen LogP contribution in [-0.4, -0.2) is 27.5 Å². The molecule has 4 aromatic rings. The lowest BCUT2D eigenvalue weighted by atomic mass is 10.1. The van der Waals surface area contributed by atoms with Gasteiger partial charge in [-0.2, -0.15) is 0 Å². The lowest BCUT2D eigenvalue weighted by molar-refractivity contribution is 0.361. The van der Waals surface area contributed by atoms with E-state index in [1.165, 1.54) is 46.4 Å². The van der Waals surface area contributed by atoms with Gasteiger partial charge >= 0.3 is 0 Å². The van der Waals surface area contributed by atoms with Crippen molar-refractivity contribution >= 4 is 40.0 Å². The summed E-state index contributed by atoms with van der Waals surface area (Å²) in [6.07, 6.45) is 3.86. The van der Waals surface area contributed by atoms with Crippen molar-refractivity contribution in [2.24, 2.45) is 4.74 Å². The van der Waals surface area contributed by atoms with Crippen LogP contribution in [0.5, 0.6) is 0 Å². The number of piperidine rings is 1. The number of benzene rings is 3. The summed E-state index contributed by atoms with van der Waals surface area (Å²) in [4.78, 5) is 0. The van der Waals surface area contributed by atoms with E-state index in [1.807, 2.05) is 0 Å². The van der Waals surface area contributed by atoms with Gasteiger partial charge in [0.15, 0.2) is 0 Å². The lowest BCUT2D eigenvalue weighted by Crippen LogP contribution is -2.39. The van der Waals surface area contributed by atoms with Crippen LogP contribution in [0.1, 0.15) is 47.0 Å². The molecular weight excluding hydrogens is 421 g/mol. The van der Waals surface area contributed by atoms with Gasteiger partial charge in [-0.15, -0.1) is 0 Å². The molecule has 3 aromatic carbocycles. The van der Waals surface area contributed by atoms with Crippen molar-refractivity contribution in [2.45, 2.75) is 58.7 Å². The van der Waals surface area contributed by atoms with Crippen LogP contribution in [-0.2, 0) is 6.54 Å². The topological polar surface area (TPSA) is 20.5 Å². The first-order valence-corrected chi connectivity index (χ1v) is 14.1. The van der Waals surface area contributed by atoms with Crippen LogP contribution in [0.2, 0.25) is 0 Å². The Bertz CT molecular complexity index is 1320. The zero-order valence-corrected chi connectivity index (χ0v) is 21.4. The second-order valence-electron chi connectivity index (χ2n) is 10.2. The molecule has 0 saturated carbocycles. The number of hydrogen-bond donors (Lipinski definition) is 0. The number of rotatable bonds is 4. The number of aromatic nitrogens is 1. The maximum absolute atomic E-state index is 5.70. The van der Waals surface area contributed by atoms with Gasteiger partial charge in [0.05, 0.1) is 12.9 Å². The smallest absolute Gasteiger partial charge is 0.0720 e. The van der Waals surface area contributed by atoms with Crippen molar-refractivity contribution in [1.82, 2.24) is 9.24 Å². The molecule has 5 rings (SSSR count). The van der Waals surface area contributed by atoms with Gasteiger partial charge in [0, 0.05) is 51.9 Å². The number of nitrogens with zero attached hydrogens (tertiary/aromatic N) is 3. The van der Waals surface area contributed by atoms with E-state index in [1.54, 1.807) is 0 Å². The molecule has 4 heteroatoms. The first kappa shape index (κ1) is 22.4. The maximum Gasteiger partial charge on any atom is 0.0720 e. The van der Waals surface area contributed by atoms with Gasteiger partial charge in [0.2, 0.25) is 0 Å². The third-order valence-electron chi connectivity index (χ3n) is 7.13. The largest absolute Gasteiger partial charge is 0.341 e. The quantitative estimate of drug-likeness (QED) is 0.283. The highest BCUT2D eigenvalue weighted by molar-refractivity contribution is 7.73. The van der Waals surface area contributed by atoms with E-state index >= 15 is 0 Å². The molecule has 33 heavy (non-hydrogen) atoms. The highest BCUT2D eigenvalue weighted by Gasteiger charge is 2.41. The van der Waals surface area contributed by atoms with Crippen molar-refractivity contribution in [1.29, 1.82) is 0 Å². The van der Waals surface area contributed by atoms with Crippen LogP contribution in [0, 0.1) is 0 Å². The zero-order chi connectivity index (χ0) is 23.1. The molecule has 1 saturated heterocycles. The summed E-state index contributed by atoms with van der Waals surface area (Å²) in [5.74, 6) is 0. The number of aryl methyl sites for hydroxylation is 1. The van der Waals surface area contributed by atoms with E-state index in [0.717, 1.165) is 25.3 Å². The van der Waals surface area contributed by atoms with E-state index in [-0.39, 0.29) is 5.16 Å². The first-order chi connectivity index (χ1) is 16.0. The zero-order valence-electron chi connectivity index (χ0n) is 20.5. The average molecular weight is 458 g/mol. The SMILES string of the molecule is CCn1c2ccccc2c2cc([P@@](=Nc3ccccc3)(N3CCCCC3)C(C)(C)C)ccc21. The van der Waals surface area contributed by atoms with Crippen LogP contribution in [0.4, 0.5) is 5.69 Å². The minimum atomic E-state index is -2.06. The van der Waals surface area contributed by atoms with Crippen molar-refractivity contribution in [3.05, 3.63) is 72.8 Å². The van der Waals surface area contributed by atoms with Gasteiger partial charge < -0.3 is 4.57 Å². The van der Waals surface area contributed by atoms with Crippen molar-refractivity contribution in [2.75, 3.05) is 13.1 Å². The predicted molar refractivity (Wildman–Crippen MR) is 145 cm³/mol. The average Bonchev–Trinajstić information content (AvgIpc) is 3.16. The summed E-state index contributed by atoms with van der Waals surface area (Å²) >= 11 is 0. The lowest BCUT2D eigenvalue weighted by Gasteiger charge is -2.47. The Morgan fingerprint density at radius 1 is 0.788 bits per heavy atom.